The fraction of sp³-hybridized carbons (Fsp3) is 0.864. The lowest BCUT2D eigenvalue weighted by atomic mass is 10.0. The second-order valence-corrected chi connectivity index (χ2v) is 7.85. The number of nitrogens with one attached hydrogen (secondary N) is 1. The highest BCUT2D eigenvalue weighted by Gasteiger charge is 1.97. The molecular weight excluding hydrogens is 366 g/mol. The molecule has 7 nitrogen and oxygen atoms in total. The maximum absolute atomic E-state index is 10.3. The summed E-state index contributed by atoms with van der Waals surface area (Å²) in [6.45, 7) is 2.27. The molecule has 0 aromatic rings. The molecule has 7 heteroatoms. The number of aliphatic imine (C=N–C) groups is 1. The van der Waals surface area contributed by atoms with E-state index in [2.05, 4.69) is 11.9 Å². The first-order valence-electron chi connectivity index (χ1n) is 11.4. The lowest BCUT2D eigenvalue weighted by Gasteiger charge is -2.07. The van der Waals surface area contributed by atoms with Gasteiger partial charge in [0.15, 0.2) is 5.96 Å². The molecule has 0 saturated heterocycles. The van der Waals surface area contributed by atoms with E-state index in [0.29, 0.717) is 6.42 Å². The molecule has 0 bridgehead atoms. The van der Waals surface area contributed by atoms with Crippen molar-refractivity contribution in [3.8, 4) is 0 Å². The lowest BCUT2D eigenvalue weighted by Crippen LogP contribution is -2.28. The minimum Gasteiger partial charge on any atom is -0.481 e. The van der Waals surface area contributed by atoms with Crippen molar-refractivity contribution in [2.24, 2.45) is 16.5 Å². The van der Waals surface area contributed by atoms with Gasteiger partial charge in [-0.05, 0) is 6.42 Å². The number of carbonyl (C=O) groups is 1. The van der Waals surface area contributed by atoms with Crippen LogP contribution in [0.2, 0.25) is 0 Å². The van der Waals surface area contributed by atoms with Crippen LogP contribution in [-0.4, -0.2) is 42.0 Å². The van der Waals surface area contributed by atoms with E-state index < -0.39 is 5.97 Å². The van der Waals surface area contributed by atoms with Crippen LogP contribution in [0, 0.1) is 5.41 Å². The van der Waals surface area contributed by atoms with Crippen LogP contribution in [0.25, 0.3) is 0 Å². The van der Waals surface area contributed by atoms with Crippen LogP contribution >= 0.6 is 0 Å². The molecule has 0 aliphatic rings. The summed E-state index contributed by atoms with van der Waals surface area (Å²) < 4.78 is 0. The van der Waals surface area contributed by atoms with Crippen LogP contribution in [-0.2, 0) is 4.79 Å². The third-order valence-corrected chi connectivity index (χ3v) is 4.65. The van der Waals surface area contributed by atoms with Gasteiger partial charge < -0.3 is 21.5 Å². The monoisotopic (exact) mass is 413 g/mol. The van der Waals surface area contributed by atoms with Gasteiger partial charge in [-0.15, -0.1) is 0 Å². The Morgan fingerprint density at radius 1 is 0.793 bits per heavy atom. The van der Waals surface area contributed by atoms with Gasteiger partial charge in [0.25, 0.3) is 0 Å². The van der Waals surface area contributed by atoms with Crippen molar-refractivity contribution in [2.75, 3.05) is 14.1 Å². The number of hydrogen-bond acceptors (Lipinski definition) is 2. The van der Waals surface area contributed by atoms with E-state index in [-0.39, 0.29) is 11.9 Å². The summed E-state index contributed by atoms with van der Waals surface area (Å²) in [5.41, 5.74) is 9.98. The summed E-state index contributed by atoms with van der Waals surface area (Å²) in [5.74, 6) is -0.691. The van der Waals surface area contributed by atoms with Gasteiger partial charge in [0.2, 0.25) is 5.96 Å². The summed E-state index contributed by atoms with van der Waals surface area (Å²) in [5, 5.41) is 15.6. The first kappa shape index (κ1) is 29.4. The quantitative estimate of drug-likeness (QED) is 0.159. The molecule has 0 spiro atoms. The van der Waals surface area contributed by atoms with Crippen LogP contribution in [0.5, 0.6) is 0 Å². The zero-order valence-corrected chi connectivity index (χ0v) is 19.2. The molecule has 6 N–H and O–H groups in total. The van der Waals surface area contributed by atoms with E-state index in [9.17, 15) is 4.79 Å². The van der Waals surface area contributed by atoms with E-state index >= 15 is 0 Å². The minimum absolute atomic E-state index is 0.0509. The van der Waals surface area contributed by atoms with Crippen molar-refractivity contribution >= 4 is 17.9 Å². The molecule has 0 aromatic carbocycles. The third kappa shape index (κ3) is 28.5. The van der Waals surface area contributed by atoms with Crippen LogP contribution in [0.3, 0.4) is 0 Å². The zero-order chi connectivity index (χ0) is 22.3. The topological polar surface area (TPSA) is 129 Å². The molecule has 0 amide bonds. The molecule has 0 fully saturated rings. The van der Waals surface area contributed by atoms with Crippen LogP contribution in [0.15, 0.2) is 4.99 Å². The van der Waals surface area contributed by atoms with Gasteiger partial charge in [-0.1, -0.05) is 96.8 Å². The molecule has 0 saturated carbocycles. The fourth-order valence-electron chi connectivity index (χ4n) is 2.87. The first-order chi connectivity index (χ1) is 13.8. The van der Waals surface area contributed by atoms with Crippen molar-refractivity contribution in [1.82, 2.24) is 4.90 Å². The maximum Gasteiger partial charge on any atom is 0.303 e. The van der Waals surface area contributed by atoms with Crippen LogP contribution in [0.1, 0.15) is 110 Å². The molecule has 0 aliphatic carbocycles. The molecule has 0 heterocycles. The Bertz CT molecular complexity index is 421. The Morgan fingerprint density at radius 3 is 1.38 bits per heavy atom. The summed E-state index contributed by atoms with van der Waals surface area (Å²) in [4.78, 5) is 15.3. The fourth-order valence-corrected chi connectivity index (χ4v) is 2.87. The Kier molecular flexibility index (Phi) is 22.8. The third-order valence-electron chi connectivity index (χ3n) is 4.65. The highest BCUT2D eigenvalue weighted by atomic mass is 16.4. The molecule has 172 valence electrons. The van der Waals surface area contributed by atoms with Gasteiger partial charge in [0, 0.05) is 20.5 Å². The van der Waals surface area contributed by atoms with Gasteiger partial charge >= 0.3 is 5.97 Å². The van der Waals surface area contributed by atoms with Crippen molar-refractivity contribution in [3.05, 3.63) is 0 Å². The number of carboxylic acid groups (broad SMARTS) is 1. The normalized spacial score (nSPS) is 10.0. The Hall–Kier alpha value is -1.79. The van der Waals surface area contributed by atoms with Gasteiger partial charge in [-0.2, -0.15) is 4.99 Å². The van der Waals surface area contributed by atoms with E-state index in [1.165, 1.54) is 88.4 Å². The summed E-state index contributed by atoms with van der Waals surface area (Å²) in [6.07, 6.45) is 20.2. The molecule has 29 heavy (non-hydrogen) atoms. The predicted molar refractivity (Wildman–Crippen MR) is 124 cm³/mol. The van der Waals surface area contributed by atoms with Gasteiger partial charge in [-0.25, -0.2) is 0 Å². The average molecular weight is 414 g/mol. The molecule has 0 rings (SSSR count). The van der Waals surface area contributed by atoms with E-state index in [1.807, 2.05) is 0 Å². The number of nitrogens with zero attached hydrogens (tertiary/aromatic N) is 2. The van der Waals surface area contributed by atoms with Crippen molar-refractivity contribution in [2.45, 2.75) is 110 Å². The standard InChI is InChI=1S/C18H36O2.C4H11N5/c1-2-3-4-5-6-7-8-9-10-11-12-13-14-15-16-17-18(19)20;1-9(2)4(7)8-3(5)6/h2-17H2,1H3,(H,19,20);1-2H3,(H5,5,6,7,8). The van der Waals surface area contributed by atoms with Gasteiger partial charge in [0.1, 0.15) is 0 Å². The number of carboxylic acids is 1. The largest absolute Gasteiger partial charge is 0.481 e. The van der Waals surface area contributed by atoms with E-state index in [1.54, 1.807) is 14.1 Å². The Morgan fingerprint density at radius 2 is 1.14 bits per heavy atom. The smallest absolute Gasteiger partial charge is 0.303 e. The predicted octanol–water partition coefficient (Wildman–Crippen LogP) is 5.09. The second-order valence-electron chi connectivity index (χ2n) is 7.85. The van der Waals surface area contributed by atoms with Gasteiger partial charge in [-0.3, -0.25) is 10.2 Å². The van der Waals surface area contributed by atoms with Crippen molar-refractivity contribution in [1.29, 1.82) is 5.41 Å². The first-order valence-corrected chi connectivity index (χ1v) is 11.4. The van der Waals surface area contributed by atoms with Crippen molar-refractivity contribution in [3.63, 3.8) is 0 Å². The molecular formula is C22H47N5O2. The molecule has 0 aromatic heterocycles. The van der Waals surface area contributed by atoms with Crippen molar-refractivity contribution < 1.29 is 9.90 Å². The Labute approximate surface area is 178 Å². The minimum atomic E-state index is -0.653. The van der Waals surface area contributed by atoms with E-state index in [4.69, 9.17) is 22.0 Å². The summed E-state index contributed by atoms with van der Waals surface area (Å²) in [7, 11) is 3.38. The molecule has 0 unspecified atom stereocenters. The van der Waals surface area contributed by atoms with Crippen LogP contribution in [0.4, 0.5) is 0 Å². The number of unbranched alkanes of at least 4 members (excludes halogenated alkanes) is 14. The number of rotatable bonds is 16. The number of guanidine groups is 2. The summed E-state index contributed by atoms with van der Waals surface area (Å²) in [6, 6.07) is 0. The highest BCUT2D eigenvalue weighted by molar-refractivity contribution is 5.91. The number of hydrogen-bond donors (Lipinski definition) is 4. The lowest BCUT2D eigenvalue weighted by molar-refractivity contribution is -0.137. The van der Waals surface area contributed by atoms with Gasteiger partial charge in [0.05, 0.1) is 0 Å². The molecule has 0 radical (unpaired) electrons. The molecule has 0 atom stereocenters. The number of aliphatic carboxylic acids is 1. The highest BCUT2D eigenvalue weighted by Crippen LogP contribution is 2.13. The average Bonchev–Trinajstić information content (AvgIpc) is 2.64. The Balaban J connectivity index is 0. The summed E-state index contributed by atoms with van der Waals surface area (Å²) >= 11 is 0. The zero-order valence-electron chi connectivity index (χ0n) is 19.2. The van der Waals surface area contributed by atoms with E-state index in [0.717, 1.165) is 12.8 Å². The SMILES string of the molecule is CCCCCCCCCCCCCCCCCC(=O)O.CN(C)C(=N)N=C(N)N. The van der Waals surface area contributed by atoms with Crippen LogP contribution < -0.4 is 11.5 Å². The number of nitrogens with two attached hydrogens (primary N) is 2. The molecule has 0 aliphatic heterocycles. The second kappa shape index (κ2) is 22.5. The maximum atomic E-state index is 10.3.